The number of ether oxygens (including phenoxy) is 1. The van der Waals surface area contributed by atoms with Gasteiger partial charge in [-0.3, -0.25) is 4.79 Å². The van der Waals surface area contributed by atoms with Crippen molar-refractivity contribution in [2.45, 2.75) is 63.2 Å². The van der Waals surface area contributed by atoms with Crippen LogP contribution in [0.5, 0.6) is 5.75 Å². The number of aliphatic hydroxyl groups excluding tert-OH is 1. The van der Waals surface area contributed by atoms with Crippen LogP contribution in [-0.4, -0.2) is 36.7 Å². The molecule has 166 valence electrons. The zero-order chi connectivity index (χ0) is 21.8. The second kappa shape index (κ2) is 9.00. The van der Waals surface area contributed by atoms with Crippen LogP contribution in [0.15, 0.2) is 36.2 Å². The first-order valence-electron chi connectivity index (χ1n) is 10.6. The molecule has 0 aliphatic heterocycles. The Hall–Kier alpha value is -2.02. The summed E-state index contributed by atoms with van der Waals surface area (Å²) in [5, 5.41) is 11.0. The molecular formula is C23H30F3NO3. The average molecular weight is 425 g/mol. The molecule has 7 heteroatoms. The van der Waals surface area contributed by atoms with Gasteiger partial charge in [-0.15, -0.1) is 0 Å². The Morgan fingerprint density at radius 1 is 1.17 bits per heavy atom. The molecule has 30 heavy (non-hydrogen) atoms. The lowest BCUT2D eigenvalue weighted by Crippen LogP contribution is -2.53. The van der Waals surface area contributed by atoms with Crippen molar-refractivity contribution in [2.24, 2.45) is 5.41 Å². The first-order chi connectivity index (χ1) is 14.3. The second-order valence-electron chi connectivity index (χ2n) is 8.69. The predicted octanol–water partition coefficient (Wildman–Crippen LogP) is 4.66. The number of aliphatic hydroxyl groups is 1. The van der Waals surface area contributed by atoms with Crippen molar-refractivity contribution in [1.82, 2.24) is 5.32 Å². The molecule has 0 heterocycles. The SMILES string of the molecule is CC/C(=C\F)COc1ccc(C23CCC(C(=O)NCC(F)(F)CO)(CC2)CC3)cc1. The van der Waals surface area contributed by atoms with Crippen LogP contribution in [0, 0.1) is 5.41 Å². The quantitative estimate of drug-likeness (QED) is 0.605. The maximum Gasteiger partial charge on any atom is 0.287 e. The fraction of sp³-hybridized carbons (Fsp3) is 0.609. The number of rotatable bonds is 9. The maximum atomic E-state index is 13.3. The molecule has 2 bridgehead atoms. The number of benzene rings is 1. The molecule has 0 saturated heterocycles. The van der Waals surface area contributed by atoms with Gasteiger partial charge in [0.15, 0.2) is 0 Å². The van der Waals surface area contributed by atoms with Crippen LogP contribution < -0.4 is 10.1 Å². The van der Waals surface area contributed by atoms with Crippen molar-refractivity contribution in [2.75, 3.05) is 19.8 Å². The minimum atomic E-state index is -3.29. The van der Waals surface area contributed by atoms with E-state index in [0.29, 0.717) is 43.3 Å². The molecule has 2 N–H and O–H groups in total. The van der Waals surface area contributed by atoms with Crippen molar-refractivity contribution in [1.29, 1.82) is 0 Å². The Kier molecular flexibility index (Phi) is 6.80. The van der Waals surface area contributed by atoms with Gasteiger partial charge in [0.05, 0.1) is 12.9 Å². The molecule has 3 aliphatic rings. The number of fused-ring (bicyclic) bond motifs is 3. The molecule has 4 rings (SSSR count). The number of carbonyl (C=O) groups is 1. The van der Waals surface area contributed by atoms with E-state index in [-0.39, 0.29) is 17.9 Å². The third kappa shape index (κ3) is 4.66. The maximum absolute atomic E-state index is 13.3. The topological polar surface area (TPSA) is 58.6 Å². The van der Waals surface area contributed by atoms with E-state index in [0.717, 1.165) is 19.3 Å². The van der Waals surface area contributed by atoms with Crippen LogP contribution in [0.4, 0.5) is 13.2 Å². The van der Waals surface area contributed by atoms with Crippen LogP contribution in [0.3, 0.4) is 0 Å². The Labute approximate surface area is 175 Å². The highest BCUT2D eigenvalue weighted by molar-refractivity contribution is 5.83. The Morgan fingerprint density at radius 3 is 2.27 bits per heavy atom. The number of alkyl halides is 2. The van der Waals surface area contributed by atoms with Gasteiger partial charge in [0.2, 0.25) is 5.91 Å². The van der Waals surface area contributed by atoms with E-state index in [2.05, 4.69) is 5.32 Å². The van der Waals surface area contributed by atoms with Gasteiger partial charge in [0.25, 0.3) is 5.92 Å². The minimum Gasteiger partial charge on any atom is -0.489 e. The number of hydrogen-bond acceptors (Lipinski definition) is 3. The molecule has 0 atom stereocenters. The van der Waals surface area contributed by atoms with Crippen LogP contribution >= 0.6 is 0 Å². The van der Waals surface area contributed by atoms with Crippen molar-refractivity contribution >= 4 is 5.91 Å². The van der Waals surface area contributed by atoms with Crippen LogP contribution in [0.1, 0.15) is 57.4 Å². The third-order valence-electron chi connectivity index (χ3n) is 6.97. The summed E-state index contributed by atoms with van der Waals surface area (Å²) in [6.07, 6.45) is 5.70. The summed E-state index contributed by atoms with van der Waals surface area (Å²) >= 11 is 0. The van der Waals surface area contributed by atoms with Gasteiger partial charge in [-0.25, -0.2) is 13.2 Å². The number of halogens is 3. The zero-order valence-corrected chi connectivity index (χ0v) is 17.4. The molecule has 0 spiro atoms. The highest BCUT2D eigenvalue weighted by Gasteiger charge is 2.53. The summed E-state index contributed by atoms with van der Waals surface area (Å²) in [6, 6.07) is 7.88. The largest absolute Gasteiger partial charge is 0.489 e. The number of carbonyl (C=O) groups excluding carboxylic acids is 1. The van der Waals surface area contributed by atoms with E-state index in [1.54, 1.807) is 0 Å². The van der Waals surface area contributed by atoms with Gasteiger partial charge in [0, 0.05) is 5.41 Å². The average Bonchev–Trinajstić information content (AvgIpc) is 2.79. The molecule has 0 aromatic heterocycles. The van der Waals surface area contributed by atoms with Crippen molar-refractivity contribution in [3.8, 4) is 5.75 Å². The number of nitrogens with one attached hydrogen (secondary N) is 1. The Morgan fingerprint density at radius 2 is 1.77 bits per heavy atom. The molecule has 3 fully saturated rings. The fourth-order valence-corrected chi connectivity index (χ4v) is 4.70. The van der Waals surface area contributed by atoms with Gasteiger partial charge in [0.1, 0.15) is 19.0 Å². The van der Waals surface area contributed by atoms with Gasteiger partial charge in [-0.2, -0.15) is 0 Å². The van der Waals surface area contributed by atoms with E-state index in [1.165, 1.54) is 5.56 Å². The summed E-state index contributed by atoms with van der Waals surface area (Å²) in [5.74, 6) is -2.92. The van der Waals surface area contributed by atoms with Crippen molar-refractivity contribution < 1.29 is 27.8 Å². The first kappa shape index (κ1) is 22.7. The lowest BCUT2D eigenvalue weighted by molar-refractivity contribution is -0.140. The summed E-state index contributed by atoms with van der Waals surface area (Å²) in [5.41, 5.74) is 1.23. The minimum absolute atomic E-state index is 0.00299. The highest BCUT2D eigenvalue weighted by Crippen LogP contribution is 2.57. The molecule has 1 aromatic carbocycles. The summed E-state index contributed by atoms with van der Waals surface area (Å²) < 4.78 is 44.9. The van der Waals surface area contributed by atoms with Gasteiger partial charge in [-0.1, -0.05) is 19.1 Å². The molecule has 0 unspecified atom stereocenters. The smallest absolute Gasteiger partial charge is 0.287 e. The Bertz CT molecular complexity index is 752. The molecule has 1 aromatic rings. The van der Waals surface area contributed by atoms with Crippen LogP contribution in [0.2, 0.25) is 0 Å². The lowest BCUT2D eigenvalue weighted by Gasteiger charge is -2.52. The summed E-state index contributed by atoms with van der Waals surface area (Å²) in [7, 11) is 0. The molecule has 4 nitrogen and oxygen atoms in total. The number of amides is 1. The first-order valence-corrected chi connectivity index (χ1v) is 10.6. The monoisotopic (exact) mass is 425 g/mol. The van der Waals surface area contributed by atoms with Crippen LogP contribution in [-0.2, 0) is 10.2 Å². The van der Waals surface area contributed by atoms with E-state index in [1.807, 2.05) is 31.2 Å². The lowest BCUT2D eigenvalue weighted by atomic mass is 9.51. The van der Waals surface area contributed by atoms with Gasteiger partial charge < -0.3 is 15.2 Å². The zero-order valence-electron chi connectivity index (χ0n) is 17.4. The van der Waals surface area contributed by atoms with Crippen molar-refractivity contribution in [3.05, 3.63) is 41.7 Å². The summed E-state index contributed by atoms with van der Waals surface area (Å²) in [4.78, 5) is 12.6. The van der Waals surface area contributed by atoms with Crippen LogP contribution in [0.25, 0.3) is 0 Å². The second-order valence-corrected chi connectivity index (χ2v) is 8.69. The molecule has 1 amide bonds. The van der Waals surface area contributed by atoms with E-state index < -0.39 is 24.5 Å². The van der Waals surface area contributed by atoms with Gasteiger partial charge in [-0.05, 0) is 73.6 Å². The van der Waals surface area contributed by atoms with E-state index in [4.69, 9.17) is 9.84 Å². The van der Waals surface area contributed by atoms with Crippen molar-refractivity contribution in [3.63, 3.8) is 0 Å². The predicted molar refractivity (Wildman–Crippen MR) is 108 cm³/mol. The third-order valence-corrected chi connectivity index (χ3v) is 6.97. The summed E-state index contributed by atoms with van der Waals surface area (Å²) in [6.45, 7) is 0.00700. The molecular weight excluding hydrogens is 395 g/mol. The molecule has 3 saturated carbocycles. The highest BCUT2D eigenvalue weighted by atomic mass is 19.3. The number of hydrogen-bond donors (Lipinski definition) is 2. The van der Waals surface area contributed by atoms with E-state index >= 15 is 0 Å². The Balaban J connectivity index is 1.60. The standard InChI is InChI=1S/C23H30F3NO3/c1-2-17(13-24)14-30-19-5-3-18(4-6-19)21-7-10-22(11-8-21,12-9-21)20(29)27-15-23(25,26)16-28/h3-6,13,28H,2,7-12,14-16H2,1H3,(H,27,29)/b17-13+. The normalized spacial score (nSPS) is 26.5. The van der Waals surface area contributed by atoms with Gasteiger partial charge >= 0.3 is 0 Å². The van der Waals surface area contributed by atoms with E-state index in [9.17, 15) is 18.0 Å². The molecule has 0 radical (unpaired) electrons. The fourth-order valence-electron chi connectivity index (χ4n) is 4.70. The molecule has 3 aliphatic carbocycles.